The van der Waals surface area contributed by atoms with Crippen molar-refractivity contribution in [1.82, 2.24) is 10.4 Å². The highest BCUT2D eigenvalue weighted by Gasteiger charge is 2.42. The molecule has 0 radical (unpaired) electrons. The van der Waals surface area contributed by atoms with Crippen LogP contribution in [-0.4, -0.2) is 35.2 Å². The summed E-state index contributed by atoms with van der Waals surface area (Å²) in [6, 6.07) is -0.923. The van der Waals surface area contributed by atoms with Gasteiger partial charge < -0.3 is 5.73 Å². The molecule has 0 aromatic rings. The molecule has 0 heterocycles. The molecule has 0 aromatic heterocycles. The van der Waals surface area contributed by atoms with E-state index in [-0.39, 0.29) is 13.0 Å². The quantitative estimate of drug-likeness (QED) is 0.380. The molecule has 1 fully saturated rings. The number of amides is 4. The van der Waals surface area contributed by atoms with Gasteiger partial charge in [-0.3, -0.25) is 20.1 Å². The van der Waals surface area contributed by atoms with Crippen LogP contribution in [0.5, 0.6) is 0 Å². The lowest BCUT2D eigenvalue weighted by atomic mass is 9.70. The SMILES string of the molecule is C[C@H]1CC[C@@](CN(O)C=O)(C(=O)NC(N)=O)CC1. The first kappa shape index (κ1) is 14.4. The third-order valence-electron chi connectivity index (χ3n) is 3.54. The van der Waals surface area contributed by atoms with Gasteiger partial charge in [0.2, 0.25) is 12.3 Å². The molecule has 4 amide bonds. The van der Waals surface area contributed by atoms with Gasteiger partial charge in [0.15, 0.2) is 0 Å². The van der Waals surface area contributed by atoms with Crippen molar-refractivity contribution in [2.45, 2.75) is 32.6 Å². The Morgan fingerprint density at radius 1 is 1.50 bits per heavy atom. The normalized spacial score (nSPS) is 27.3. The molecule has 0 unspecified atom stereocenters. The highest BCUT2D eigenvalue weighted by Crippen LogP contribution is 2.39. The lowest BCUT2D eigenvalue weighted by Crippen LogP contribution is -2.52. The molecule has 0 bridgehead atoms. The Morgan fingerprint density at radius 3 is 2.50 bits per heavy atom. The lowest BCUT2D eigenvalue weighted by Gasteiger charge is -2.38. The van der Waals surface area contributed by atoms with Crippen molar-refractivity contribution < 1.29 is 19.6 Å². The fourth-order valence-corrected chi connectivity index (χ4v) is 2.36. The number of imide groups is 1. The second-order valence-electron chi connectivity index (χ2n) is 4.98. The van der Waals surface area contributed by atoms with Gasteiger partial charge in [0.25, 0.3) is 0 Å². The van der Waals surface area contributed by atoms with Crippen molar-refractivity contribution in [3.05, 3.63) is 0 Å². The largest absolute Gasteiger partial charge is 0.351 e. The van der Waals surface area contributed by atoms with Crippen LogP contribution < -0.4 is 11.1 Å². The van der Waals surface area contributed by atoms with Crippen molar-refractivity contribution in [1.29, 1.82) is 0 Å². The zero-order chi connectivity index (χ0) is 13.8. The number of nitrogens with two attached hydrogens (primary N) is 1. The Labute approximate surface area is 105 Å². The number of hydrogen-bond acceptors (Lipinski definition) is 4. The Morgan fingerprint density at radius 2 is 2.06 bits per heavy atom. The minimum atomic E-state index is -0.933. The van der Waals surface area contributed by atoms with E-state index in [9.17, 15) is 19.6 Å². The molecular formula is C11H19N3O4. The molecule has 0 saturated heterocycles. The van der Waals surface area contributed by atoms with E-state index in [0.29, 0.717) is 23.8 Å². The first-order valence-corrected chi connectivity index (χ1v) is 5.91. The molecule has 18 heavy (non-hydrogen) atoms. The Bertz CT molecular complexity index is 337. The van der Waals surface area contributed by atoms with Crippen molar-refractivity contribution in [2.24, 2.45) is 17.1 Å². The van der Waals surface area contributed by atoms with E-state index in [2.05, 4.69) is 6.92 Å². The van der Waals surface area contributed by atoms with Crippen LogP contribution >= 0.6 is 0 Å². The first-order chi connectivity index (χ1) is 8.39. The minimum absolute atomic E-state index is 0.123. The maximum Gasteiger partial charge on any atom is 0.318 e. The molecule has 0 atom stereocenters. The van der Waals surface area contributed by atoms with Gasteiger partial charge in [-0.25, -0.2) is 9.86 Å². The van der Waals surface area contributed by atoms with Crippen LogP contribution in [-0.2, 0) is 9.59 Å². The molecule has 1 rings (SSSR count). The second kappa shape index (κ2) is 5.81. The van der Waals surface area contributed by atoms with Gasteiger partial charge in [0, 0.05) is 0 Å². The third kappa shape index (κ3) is 3.43. The van der Waals surface area contributed by atoms with Gasteiger partial charge in [-0.05, 0) is 31.6 Å². The van der Waals surface area contributed by atoms with E-state index in [1.165, 1.54) is 0 Å². The van der Waals surface area contributed by atoms with Crippen molar-refractivity contribution in [2.75, 3.05) is 6.54 Å². The van der Waals surface area contributed by atoms with Gasteiger partial charge in [-0.15, -0.1) is 0 Å². The number of rotatable bonds is 4. The molecule has 1 aliphatic carbocycles. The zero-order valence-electron chi connectivity index (χ0n) is 10.4. The monoisotopic (exact) mass is 257 g/mol. The molecule has 1 saturated carbocycles. The Balaban J connectivity index is 2.83. The van der Waals surface area contributed by atoms with Gasteiger partial charge in [0.05, 0.1) is 12.0 Å². The lowest BCUT2D eigenvalue weighted by molar-refractivity contribution is -0.163. The number of urea groups is 1. The minimum Gasteiger partial charge on any atom is -0.351 e. The van der Waals surface area contributed by atoms with Crippen molar-refractivity contribution in [3.63, 3.8) is 0 Å². The van der Waals surface area contributed by atoms with E-state index in [1.807, 2.05) is 5.32 Å². The molecule has 102 valence electrons. The average molecular weight is 257 g/mol. The van der Waals surface area contributed by atoms with E-state index in [4.69, 9.17) is 5.73 Å². The summed E-state index contributed by atoms with van der Waals surface area (Å²) in [6.45, 7) is 1.95. The van der Waals surface area contributed by atoms with Crippen LogP contribution in [0.15, 0.2) is 0 Å². The molecule has 4 N–H and O–H groups in total. The maximum absolute atomic E-state index is 12.0. The highest BCUT2D eigenvalue weighted by molar-refractivity contribution is 5.96. The molecule has 1 aliphatic rings. The van der Waals surface area contributed by atoms with Crippen molar-refractivity contribution >= 4 is 18.3 Å². The number of nitrogens with one attached hydrogen (secondary N) is 1. The van der Waals surface area contributed by atoms with Gasteiger partial charge in [-0.1, -0.05) is 6.92 Å². The fourth-order valence-electron chi connectivity index (χ4n) is 2.36. The number of nitrogens with zero attached hydrogens (tertiary/aromatic N) is 1. The average Bonchev–Trinajstić information content (AvgIpc) is 2.31. The number of hydrogen-bond donors (Lipinski definition) is 3. The standard InChI is InChI=1S/C11H19N3O4/c1-8-2-4-11(5-3-8,6-14(18)7-15)9(16)13-10(12)17/h7-8,18H,2-6H2,1H3,(H3,12,13,16,17)/t8-,11+. The summed E-state index contributed by atoms with van der Waals surface area (Å²) in [7, 11) is 0. The highest BCUT2D eigenvalue weighted by atomic mass is 16.5. The topological polar surface area (TPSA) is 113 Å². The molecule has 0 aromatic carbocycles. The molecule has 7 nitrogen and oxygen atoms in total. The summed E-state index contributed by atoms with van der Waals surface area (Å²) in [5.41, 5.74) is 4.00. The maximum atomic E-state index is 12.0. The Kier molecular flexibility index (Phi) is 4.66. The van der Waals surface area contributed by atoms with Gasteiger partial charge in [0.1, 0.15) is 0 Å². The van der Waals surface area contributed by atoms with Crippen LogP contribution in [0.25, 0.3) is 0 Å². The molecule has 0 spiro atoms. The Hall–Kier alpha value is -1.63. The number of carbonyl (C=O) groups excluding carboxylic acids is 3. The van der Waals surface area contributed by atoms with E-state index in [0.717, 1.165) is 12.8 Å². The molecule has 7 heteroatoms. The summed E-state index contributed by atoms with van der Waals surface area (Å²) >= 11 is 0. The summed E-state index contributed by atoms with van der Waals surface area (Å²) in [5.74, 6) is -0.0364. The number of hydroxylamine groups is 2. The summed E-state index contributed by atoms with van der Waals surface area (Å²) in [5, 5.41) is 11.8. The predicted molar refractivity (Wildman–Crippen MR) is 62.3 cm³/mol. The van der Waals surface area contributed by atoms with E-state index < -0.39 is 17.4 Å². The fraction of sp³-hybridized carbons (Fsp3) is 0.727. The smallest absolute Gasteiger partial charge is 0.318 e. The zero-order valence-corrected chi connectivity index (χ0v) is 10.4. The second-order valence-corrected chi connectivity index (χ2v) is 4.98. The van der Waals surface area contributed by atoms with E-state index >= 15 is 0 Å². The number of carbonyl (C=O) groups is 3. The molecule has 0 aliphatic heterocycles. The van der Waals surface area contributed by atoms with Crippen LogP contribution in [0.2, 0.25) is 0 Å². The van der Waals surface area contributed by atoms with Crippen LogP contribution in [0.1, 0.15) is 32.6 Å². The third-order valence-corrected chi connectivity index (χ3v) is 3.54. The van der Waals surface area contributed by atoms with Gasteiger partial charge in [-0.2, -0.15) is 0 Å². The van der Waals surface area contributed by atoms with Crippen LogP contribution in [0.4, 0.5) is 4.79 Å². The molecular weight excluding hydrogens is 238 g/mol. The summed E-state index contributed by atoms with van der Waals surface area (Å²) in [6.07, 6.45) is 2.88. The number of primary amides is 1. The first-order valence-electron chi connectivity index (χ1n) is 5.91. The predicted octanol–water partition coefficient (Wildman–Crippen LogP) is 0.225. The summed E-state index contributed by atoms with van der Waals surface area (Å²) in [4.78, 5) is 33.3. The van der Waals surface area contributed by atoms with Crippen molar-refractivity contribution in [3.8, 4) is 0 Å². The van der Waals surface area contributed by atoms with Crippen LogP contribution in [0, 0.1) is 11.3 Å². The van der Waals surface area contributed by atoms with Crippen LogP contribution in [0.3, 0.4) is 0 Å². The van der Waals surface area contributed by atoms with E-state index in [1.54, 1.807) is 0 Å². The summed E-state index contributed by atoms with van der Waals surface area (Å²) < 4.78 is 0. The van der Waals surface area contributed by atoms with Gasteiger partial charge >= 0.3 is 6.03 Å².